The number of carbonyl (C=O) groups is 2. The lowest BCUT2D eigenvalue weighted by molar-refractivity contribution is -0.145. The molecule has 1 atom stereocenters. The second-order valence-electron chi connectivity index (χ2n) is 4.18. The Bertz CT molecular complexity index is 317. The molecule has 0 aliphatic rings. The van der Waals surface area contributed by atoms with Crippen molar-refractivity contribution in [3.05, 3.63) is 24.3 Å². The highest BCUT2D eigenvalue weighted by Gasteiger charge is 2.19. The minimum absolute atomic E-state index is 0.111. The quantitative estimate of drug-likeness (QED) is 0.403. The molecule has 0 saturated heterocycles. The van der Waals surface area contributed by atoms with E-state index in [1.54, 1.807) is 24.0 Å². The van der Waals surface area contributed by atoms with Gasteiger partial charge in [0.05, 0.1) is 13.0 Å². The number of methoxy groups -OCH3 is 1. The maximum absolute atomic E-state index is 11.8. The third kappa shape index (κ3) is 5.90. The predicted octanol–water partition coefficient (Wildman–Crippen LogP) is 1.78. The molecule has 0 aliphatic heterocycles. The van der Waals surface area contributed by atoms with Gasteiger partial charge in [-0.1, -0.05) is 18.6 Å². The lowest BCUT2D eigenvalue weighted by atomic mass is 10.1. The monoisotopic (exact) mass is 239 g/mol. The van der Waals surface area contributed by atoms with Crippen LogP contribution in [0.1, 0.15) is 20.8 Å². The third-order valence-corrected chi connectivity index (χ3v) is 2.17. The molecule has 0 radical (unpaired) electrons. The highest BCUT2D eigenvalue weighted by Crippen LogP contribution is 2.04. The molecule has 4 nitrogen and oxygen atoms in total. The first-order chi connectivity index (χ1) is 7.92. The summed E-state index contributed by atoms with van der Waals surface area (Å²) in [5.41, 5.74) is 0.926. The van der Waals surface area contributed by atoms with E-state index in [0.717, 1.165) is 5.57 Å². The number of esters is 1. The largest absolute Gasteiger partial charge is 0.469 e. The van der Waals surface area contributed by atoms with Gasteiger partial charge >= 0.3 is 5.97 Å². The van der Waals surface area contributed by atoms with Crippen LogP contribution in [0.25, 0.3) is 0 Å². The maximum atomic E-state index is 11.8. The van der Waals surface area contributed by atoms with E-state index in [1.807, 2.05) is 13.8 Å². The summed E-state index contributed by atoms with van der Waals surface area (Å²) in [6.07, 6.45) is 3.19. The second-order valence-corrected chi connectivity index (χ2v) is 4.18. The number of amides is 1. The first-order valence-electron chi connectivity index (χ1n) is 5.54. The Labute approximate surface area is 103 Å². The van der Waals surface area contributed by atoms with Crippen molar-refractivity contribution < 1.29 is 14.3 Å². The molecule has 0 aromatic heterocycles. The van der Waals surface area contributed by atoms with Gasteiger partial charge in [0.25, 0.3) is 0 Å². The molecule has 96 valence electrons. The first-order valence-corrected chi connectivity index (χ1v) is 5.54. The molecule has 4 heteroatoms. The van der Waals surface area contributed by atoms with Crippen LogP contribution in [-0.2, 0) is 14.3 Å². The van der Waals surface area contributed by atoms with Gasteiger partial charge in [-0.3, -0.25) is 9.59 Å². The van der Waals surface area contributed by atoms with Gasteiger partial charge in [-0.25, -0.2) is 0 Å². The summed E-state index contributed by atoms with van der Waals surface area (Å²) in [6, 6.07) is 0. The SMILES string of the molecule is C=CCN(CC(C)C(=O)OC)C(=O)C=C(C)C. The summed E-state index contributed by atoms with van der Waals surface area (Å²) in [6.45, 7) is 9.80. The zero-order valence-electron chi connectivity index (χ0n) is 11.0. The van der Waals surface area contributed by atoms with Crippen LogP contribution in [0.5, 0.6) is 0 Å². The average Bonchev–Trinajstić information content (AvgIpc) is 2.26. The van der Waals surface area contributed by atoms with E-state index < -0.39 is 0 Å². The van der Waals surface area contributed by atoms with Crippen molar-refractivity contribution in [2.75, 3.05) is 20.2 Å². The molecular formula is C13H21NO3. The van der Waals surface area contributed by atoms with Crippen molar-refractivity contribution >= 4 is 11.9 Å². The molecule has 0 N–H and O–H groups in total. The number of carbonyl (C=O) groups excluding carboxylic acids is 2. The minimum atomic E-state index is -0.338. The van der Waals surface area contributed by atoms with Gasteiger partial charge < -0.3 is 9.64 Å². The molecule has 1 unspecified atom stereocenters. The molecule has 0 aromatic rings. The number of hydrogen-bond donors (Lipinski definition) is 0. The van der Waals surface area contributed by atoms with Crippen molar-refractivity contribution in [3.8, 4) is 0 Å². The standard InChI is InChI=1S/C13H21NO3/c1-6-7-14(12(15)8-10(2)3)9-11(4)13(16)17-5/h6,8,11H,1,7,9H2,2-5H3. The Hall–Kier alpha value is -1.58. The van der Waals surface area contributed by atoms with Crippen LogP contribution in [-0.4, -0.2) is 37.0 Å². The first kappa shape index (κ1) is 15.4. The molecule has 0 fully saturated rings. The van der Waals surface area contributed by atoms with Crippen LogP contribution in [0.15, 0.2) is 24.3 Å². The van der Waals surface area contributed by atoms with Crippen LogP contribution in [0.2, 0.25) is 0 Å². The normalized spacial score (nSPS) is 11.3. The van der Waals surface area contributed by atoms with Gasteiger partial charge in [-0.05, 0) is 13.8 Å². The van der Waals surface area contributed by atoms with Crippen LogP contribution >= 0.6 is 0 Å². The molecule has 1 amide bonds. The van der Waals surface area contributed by atoms with Gasteiger partial charge in [-0.15, -0.1) is 6.58 Å². The summed E-state index contributed by atoms with van der Waals surface area (Å²) in [4.78, 5) is 24.7. The van der Waals surface area contributed by atoms with Crippen LogP contribution in [0, 0.1) is 5.92 Å². The Morgan fingerprint density at radius 3 is 2.41 bits per heavy atom. The van der Waals surface area contributed by atoms with Crippen LogP contribution < -0.4 is 0 Å². The van der Waals surface area contributed by atoms with Crippen molar-refractivity contribution in [2.24, 2.45) is 5.92 Å². The Kier molecular flexibility index (Phi) is 6.94. The summed E-state index contributed by atoms with van der Waals surface area (Å²) in [5.74, 6) is -0.765. The summed E-state index contributed by atoms with van der Waals surface area (Å²) >= 11 is 0. The fourth-order valence-electron chi connectivity index (χ4n) is 1.35. The van der Waals surface area contributed by atoms with E-state index in [-0.39, 0.29) is 17.8 Å². The van der Waals surface area contributed by atoms with Crippen molar-refractivity contribution in [3.63, 3.8) is 0 Å². The van der Waals surface area contributed by atoms with Gasteiger partial charge in [0.15, 0.2) is 0 Å². The van der Waals surface area contributed by atoms with E-state index in [1.165, 1.54) is 7.11 Å². The fourth-order valence-corrected chi connectivity index (χ4v) is 1.35. The van der Waals surface area contributed by atoms with Gasteiger partial charge in [0.1, 0.15) is 0 Å². The van der Waals surface area contributed by atoms with E-state index in [9.17, 15) is 9.59 Å². The highest BCUT2D eigenvalue weighted by molar-refractivity contribution is 5.88. The topological polar surface area (TPSA) is 46.6 Å². The second kappa shape index (κ2) is 7.65. The fraction of sp³-hybridized carbons (Fsp3) is 0.538. The lowest BCUT2D eigenvalue weighted by Gasteiger charge is -2.22. The molecule has 0 spiro atoms. The van der Waals surface area contributed by atoms with Gasteiger partial charge in [-0.2, -0.15) is 0 Å². The molecule has 0 aliphatic carbocycles. The lowest BCUT2D eigenvalue weighted by Crippen LogP contribution is -2.36. The summed E-state index contributed by atoms with van der Waals surface area (Å²) in [5, 5.41) is 0. The van der Waals surface area contributed by atoms with E-state index in [0.29, 0.717) is 13.1 Å². The Balaban J connectivity index is 4.64. The summed E-state index contributed by atoms with van der Waals surface area (Å²) < 4.78 is 4.63. The van der Waals surface area contributed by atoms with Gasteiger partial charge in [0, 0.05) is 19.2 Å². The highest BCUT2D eigenvalue weighted by atomic mass is 16.5. The molecule has 0 rings (SSSR count). The summed E-state index contributed by atoms with van der Waals surface area (Å²) in [7, 11) is 1.34. The average molecular weight is 239 g/mol. The van der Waals surface area contributed by atoms with Crippen molar-refractivity contribution in [2.45, 2.75) is 20.8 Å². The molecule has 0 saturated carbocycles. The zero-order chi connectivity index (χ0) is 13.4. The molecule has 0 heterocycles. The number of nitrogens with zero attached hydrogens (tertiary/aromatic N) is 1. The molecule has 17 heavy (non-hydrogen) atoms. The van der Waals surface area contributed by atoms with Crippen molar-refractivity contribution in [1.82, 2.24) is 4.90 Å². The van der Waals surface area contributed by atoms with Crippen LogP contribution in [0.4, 0.5) is 0 Å². The zero-order valence-corrected chi connectivity index (χ0v) is 11.0. The van der Waals surface area contributed by atoms with Crippen LogP contribution in [0.3, 0.4) is 0 Å². The Morgan fingerprint density at radius 2 is 2.00 bits per heavy atom. The maximum Gasteiger partial charge on any atom is 0.310 e. The van der Waals surface area contributed by atoms with E-state index in [4.69, 9.17) is 0 Å². The third-order valence-electron chi connectivity index (χ3n) is 2.17. The minimum Gasteiger partial charge on any atom is -0.469 e. The van der Waals surface area contributed by atoms with Crippen molar-refractivity contribution in [1.29, 1.82) is 0 Å². The van der Waals surface area contributed by atoms with E-state index >= 15 is 0 Å². The predicted molar refractivity (Wildman–Crippen MR) is 67.4 cm³/mol. The molecule has 0 aromatic carbocycles. The smallest absolute Gasteiger partial charge is 0.310 e. The molecular weight excluding hydrogens is 218 g/mol. The Morgan fingerprint density at radius 1 is 1.41 bits per heavy atom. The number of hydrogen-bond acceptors (Lipinski definition) is 3. The number of rotatable bonds is 6. The number of ether oxygens (including phenoxy) is 1. The molecule has 0 bridgehead atoms. The van der Waals surface area contributed by atoms with E-state index in [2.05, 4.69) is 11.3 Å². The number of allylic oxidation sites excluding steroid dienone is 1. The van der Waals surface area contributed by atoms with Gasteiger partial charge in [0.2, 0.25) is 5.91 Å².